The molecule has 1 fully saturated rings. The molecule has 0 atom stereocenters. The maximum absolute atomic E-state index is 5.36. The van der Waals surface area contributed by atoms with Crippen molar-refractivity contribution in [2.75, 3.05) is 19.6 Å². The van der Waals surface area contributed by atoms with Gasteiger partial charge in [0.05, 0.1) is 0 Å². The minimum Gasteiger partial charge on any atom is -0.327 e. The second-order valence-electron chi connectivity index (χ2n) is 2.38. The van der Waals surface area contributed by atoms with Crippen molar-refractivity contribution in [2.45, 2.75) is 12.8 Å². The molecule has 1 heterocycles. The van der Waals surface area contributed by atoms with E-state index in [4.69, 9.17) is 5.73 Å². The molecule has 0 aromatic rings. The van der Waals surface area contributed by atoms with Crippen molar-refractivity contribution in [3.05, 3.63) is 11.6 Å². The lowest BCUT2D eigenvalue weighted by Crippen LogP contribution is -2.24. The SMILES string of the molecule is NC/C=C1\CCCNC1. The zero-order chi connectivity index (χ0) is 6.53. The fourth-order valence-electron chi connectivity index (χ4n) is 1.12. The van der Waals surface area contributed by atoms with Crippen LogP contribution in [0.5, 0.6) is 0 Å². The first kappa shape index (κ1) is 6.78. The first-order valence-electron chi connectivity index (χ1n) is 3.52. The van der Waals surface area contributed by atoms with Crippen LogP contribution in [0.3, 0.4) is 0 Å². The molecule has 0 aromatic carbocycles. The summed E-state index contributed by atoms with van der Waals surface area (Å²) < 4.78 is 0. The second-order valence-corrected chi connectivity index (χ2v) is 2.38. The van der Waals surface area contributed by atoms with Gasteiger partial charge in [-0.25, -0.2) is 0 Å². The molecule has 3 N–H and O–H groups in total. The van der Waals surface area contributed by atoms with Crippen molar-refractivity contribution in [2.24, 2.45) is 5.73 Å². The summed E-state index contributed by atoms with van der Waals surface area (Å²) >= 11 is 0. The molecular weight excluding hydrogens is 112 g/mol. The van der Waals surface area contributed by atoms with E-state index in [0.29, 0.717) is 6.54 Å². The van der Waals surface area contributed by atoms with Crippen LogP contribution in [0.4, 0.5) is 0 Å². The zero-order valence-corrected chi connectivity index (χ0v) is 5.69. The van der Waals surface area contributed by atoms with Crippen molar-refractivity contribution in [3.8, 4) is 0 Å². The molecular formula is C7H14N2. The Morgan fingerprint density at radius 2 is 2.56 bits per heavy atom. The predicted octanol–water partition coefficient (Wildman–Crippen LogP) is 0.255. The molecule has 1 aliphatic heterocycles. The molecule has 1 rings (SSSR count). The Morgan fingerprint density at radius 1 is 1.67 bits per heavy atom. The van der Waals surface area contributed by atoms with Gasteiger partial charge in [-0.2, -0.15) is 0 Å². The van der Waals surface area contributed by atoms with E-state index in [-0.39, 0.29) is 0 Å². The van der Waals surface area contributed by atoms with Gasteiger partial charge in [0.15, 0.2) is 0 Å². The number of piperidine rings is 1. The standard InChI is InChI=1S/C7H14N2/c8-4-3-7-2-1-5-9-6-7/h3,9H,1-2,4-6,8H2/b7-3+. The van der Waals surface area contributed by atoms with Gasteiger partial charge < -0.3 is 11.1 Å². The highest BCUT2D eigenvalue weighted by molar-refractivity contribution is 5.06. The third kappa shape index (κ3) is 2.16. The third-order valence-corrected chi connectivity index (χ3v) is 1.61. The van der Waals surface area contributed by atoms with Crippen LogP contribution >= 0.6 is 0 Å². The fraction of sp³-hybridized carbons (Fsp3) is 0.714. The Balaban J connectivity index is 2.30. The van der Waals surface area contributed by atoms with E-state index in [9.17, 15) is 0 Å². The predicted molar refractivity (Wildman–Crippen MR) is 39.2 cm³/mol. The molecule has 0 saturated carbocycles. The molecule has 1 saturated heterocycles. The number of nitrogens with one attached hydrogen (secondary N) is 1. The van der Waals surface area contributed by atoms with Crippen LogP contribution in [-0.4, -0.2) is 19.6 Å². The summed E-state index contributed by atoms with van der Waals surface area (Å²) in [4.78, 5) is 0. The summed E-state index contributed by atoms with van der Waals surface area (Å²) in [5.74, 6) is 0. The molecule has 52 valence electrons. The zero-order valence-electron chi connectivity index (χ0n) is 5.69. The summed E-state index contributed by atoms with van der Waals surface area (Å²) in [6, 6.07) is 0. The van der Waals surface area contributed by atoms with Crippen LogP contribution in [0.15, 0.2) is 11.6 Å². The first-order valence-corrected chi connectivity index (χ1v) is 3.52. The largest absolute Gasteiger partial charge is 0.327 e. The maximum Gasteiger partial charge on any atom is 0.0165 e. The van der Waals surface area contributed by atoms with E-state index >= 15 is 0 Å². The average Bonchev–Trinajstić information content (AvgIpc) is 1.91. The van der Waals surface area contributed by atoms with Crippen molar-refractivity contribution < 1.29 is 0 Å². The van der Waals surface area contributed by atoms with E-state index in [2.05, 4.69) is 11.4 Å². The van der Waals surface area contributed by atoms with E-state index in [1.165, 1.54) is 25.0 Å². The Morgan fingerprint density at radius 3 is 3.11 bits per heavy atom. The Hall–Kier alpha value is -0.340. The summed E-state index contributed by atoms with van der Waals surface area (Å²) in [7, 11) is 0. The highest BCUT2D eigenvalue weighted by atomic mass is 14.9. The van der Waals surface area contributed by atoms with Crippen LogP contribution in [0, 0.1) is 0 Å². The quantitative estimate of drug-likeness (QED) is 0.494. The number of hydrogen-bond donors (Lipinski definition) is 2. The summed E-state index contributed by atoms with van der Waals surface area (Å²) in [5.41, 5.74) is 6.83. The monoisotopic (exact) mass is 126 g/mol. The van der Waals surface area contributed by atoms with Gasteiger partial charge in [0.25, 0.3) is 0 Å². The molecule has 0 radical (unpaired) electrons. The van der Waals surface area contributed by atoms with Crippen molar-refractivity contribution >= 4 is 0 Å². The Kier molecular flexibility index (Phi) is 2.74. The molecule has 0 spiro atoms. The average molecular weight is 126 g/mol. The summed E-state index contributed by atoms with van der Waals surface area (Å²) in [6.07, 6.45) is 4.63. The minimum atomic E-state index is 0.691. The van der Waals surface area contributed by atoms with Gasteiger partial charge in [0, 0.05) is 13.1 Å². The first-order chi connectivity index (χ1) is 4.43. The molecule has 9 heavy (non-hydrogen) atoms. The summed E-state index contributed by atoms with van der Waals surface area (Å²) in [6.45, 7) is 2.91. The van der Waals surface area contributed by atoms with Gasteiger partial charge >= 0.3 is 0 Å². The molecule has 1 aliphatic rings. The molecule has 2 heteroatoms. The summed E-state index contributed by atoms with van der Waals surface area (Å²) in [5, 5.41) is 3.30. The van der Waals surface area contributed by atoms with Gasteiger partial charge in [-0.1, -0.05) is 11.6 Å². The van der Waals surface area contributed by atoms with E-state index in [1.54, 1.807) is 0 Å². The normalized spacial score (nSPS) is 24.8. The number of hydrogen-bond acceptors (Lipinski definition) is 2. The van der Waals surface area contributed by atoms with E-state index in [0.717, 1.165) is 6.54 Å². The Bertz CT molecular complexity index is 99.5. The second kappa shape index (κ2) is 3.64. The fourth-order valence-corrected chi connectivity index (χ4v) is 1.12. The third-order valence-electron chi connectivity index (χ3n) is 1.61. The maximum atomic E-state index is 5.36. The molecule has 0 unspecified atom stereocenters. The van der Waals surface area contributed by atoms with Crippen LogP contribution in [0.2, 0.25) is 0 Å². The lowest BCUT2D eigenvalue weighted by Gasteiger charge is -2.14. The molecule has 2 nitrogen and oxygen atoms in total. The van der Waals surface area contributed by atoms with Crippen LogP contribution in [0.25, 0.3) is 0 Å². The molecule has 0 aliphatic carbocycles. The van der Waals surface area contributed by atoms with Crippen molar-refractivity contribution in [1.29, 1.82) is 0 Å². The smallest absolute Gasteiger partial charge is 0.0165 e. The van der Waals surface area contributed by atoms with Crippen molar-refractivity contribution in [3.63, 3.8) is 0 Å². The topological polar surface area (TPSA) is 38.0 Å². The van der Waals surface area contributed by atoms with Crippen molar-refractivity contribution in [1.82, 2.24) is 5.32 Å². The van der Waals surface area contributed by atoms with E-state index in [1.807, 2.05) is 0 Å². The lowest BCUT2D eigenvalue weighted by atomic mass is 10.1. The van der Waals surface area contributed by atoms with Gasteiger partial charge in [0.2, 0.25) is 0 Å². The van der Waals surface area contributed by atoms with Crippen LogP contribution < -0.4 is 11.1 Å². The number of rotatable bonds is 1. The van der Waals surface area contributed by atoms with Gasteiger partial charge in [-0.05, 0) is 19.4 Å². The van der Waals surface area contributed by atoms with Crippen LogP contribution in [0.1, 0.15) is 12.8 Å². The molecule has 0 amide bonds. The molecule has 0 bridgehead atoms. The van der Waals surface area contributed by atoms with Gasteiger partial charge in [-0.15, -0.1) is 0 Å². The van der Waals surface area contributed by atoms with Gasteiger partial charge in [0.1, 0.15) is 0 Å². The Labute approximate surface area is 56.1 Å². The molecule has 0 aromatic heterocycles. The van der Waals surface area contributed by atoms with Gasteiger partial charge in [-0.3, -0.25) is 0 Å². The highest BCUT2D eigenvalue weighted by Crippen LogP contribution is 2.06. The lowest BCUT2D eigenvalue weighted by molar-refractivity contribution is 0.608. The van der Waals surface area contributed by atoms with E-state index < -0.39 is 0 Å². The number of nitrogens with two attached hydrogens (primary N) is 1. The highest BCUT2D eigenvalue weighted by Gasteiger charge is 2.01. The minimum absolute atomic E-state index is 0.691. The van der Waals surface area contributed by atoms with Crippen LogP contribution in [-0.2, 0) is 0 Å².